The van der Waals surface area contributed by atoms with Crippen molar-refractivity contribution < 1.29 is 9.90 Å². The number of aliphatic hydroxyl groups excluding tert-OH is 1. The molecule has 2 N–H and O–H groups in total. The third-order valence-corrected chi connectivity index (χ3v) is 4.21. The first-order valence-electron chi connectivity index (χ1n) is 7.80. The number of fused-ring (bicyclic) bond motifs is 1. The minimum atomic E-state index is -0.365. The number of nitrogens with zero attached hydrogens (tertiary/aromatic N) is 1. The van der Waals surface area contributed by atoms with E-state index in [0.717, 1.165) is 44.1 Å². The Labute approximate surface area is 121 Å². The van der Waals surface area contributed by atoms with Crippen LogP contribution in [0.4, 0.5) is 0 Å². The SMILES string of the molecule is CCC(CC)NC(=O)Cn1cc2c(c1)C(O)CCCC2. The van der Waals surface area contributed by atoms with Crippen molar-refractivity contribution in [3.63, 3.8) is 0 Å². The Morgan fingerprint density at radius 3 is 2.85 bits per heavy atom. The molecule has 0 fully saturated rings. The number of hydrogen-bond donors (Lipinski definition) is 2. The van der Waals surface area contributed by atoms with Crippen molar-refractivity contribution in [1.82, 2.24) is 9.88 Å². The standard InChI is InChI=1S/C16H26N2O2/c1-3-13(4-2)17-16(20)11-18-9-12-7-5-6-8-15(19)14(12)10-18/h9-10,13,15,19H,3-8,11H2,1-2H3,(H,17,20). The number of carbonyl (C=O) groups excluding carboxylic acids is 1. The van der Waals surface area contributed by atoms with Gasteiger partial charge in [0.25, 0.3) is 0 Å². The molecule has 0 spiro atoms. The fourth-order valence-corrected chi connectivity index (χ4v) is 2.91. The molecule has 1 amide bonds. The van der Waals surface area contributed by atoms with Gasteiger partial charge in [-0.25, -0.2) is 0 Å². The van der Waals surface area contributed by atoms with Crippen LogP contribution < -0.4 is 5.32 Å². The second-order valence-corrected chi connectivity index (χ2v) is 5.75. The van der Waals surface area contributed by atoms with E-state index in [1.807, 2.05) is 17.0 Å². The molecule has 2 rings (SSSR count). The van der Waals surface area contributed by atoms with E-state index >= 15 is 0 Å². The van der Waals surface area contributed by atoms with Gasteiger partial charge in [-0.15, -0.1) is 0 Å². The summed E-state index contributed by atoms with van der Waals surface area (Å²) in [7, 11) is 0. The van der Waals surface area contributed by atoms with E-state index in [9.17, 15) is 9.90 Å². The van der Waals surface area contributed by atoms with E-state index in [1.165, 1.54) is 5.56 Å². The Hall–Kier alpha value is -1.29. The maximum absolute atomic E-state index is 12.0. The summed E-state index contributed by atoms with van der Waals surface area (Å²) < 4.78 is 1.91. The highest BCUT2D eigenvalue weighted by atomic mass is 16.3. The molecule has 1 aliphatic carbocycles. The zero-order valence-corrected chi connectivity index (χ0v) is 12.6. The van der Waals surface area contributed by atoms with Crippen molar-refractivity contribution in [1.29, 1.82) is 0 Å². The van der Waals surface area contributed by atoms with Crippen molar-refractivity contribution in [3.8, 4) is 0 Å². The number of aromatic nitrogens is 1. The number of aliphatic hydroxyl groups is 1. The summed E-state index contributed by atoms with van der Waals surface area (Å²) in [4.78, 5) is 12.0. The molecule has 0 bridgehead atoms. The van der Waals surface area contributed by atoms with E-state index < -0.39 is 0 Å². The summed E-state index contributed by atoms with van der Waals surface area (Å²) in [5.74, 6) is 0.0540. The van der Waals surface area contributed by atoms with Crippen molar-refractivity contribution in [3.05, 3.63) is 23.5 Å². The fourth-order valence-electron chi connectivity index (χ4n) is 2.91. The van der Waals surface area contributed by atoms with Gasteiger partial charge in [-0.3, -0.25) is 4.79 Å². The lowest BCUT2D eigenvalue weighted by atomic mass is 10.1. The molecule has 1 aliphatic rings. The van der Waals surface area contributed by atoms with Crippen molar-refractivity contribution in [2.24, 2.45) is 0 Å². The summed E-state index contributed by atoms with van der Waals surface area (Å²) in [5.41, 5.74) is 2.21. The van der Waals surface area contributed by atoms with Gasteiger partial charge < -0.3 is 15.0 Å². The maximum atomic E-state index is 12.0. The van der Waals surface area contributed by atoms with Crippen LogP contribution in [-0.2, 0) is 17.8 Å². The van der Waals surface area contributed by atoms with Gasteiger partial charge in [0.2, 0.25) is 5.91 Å². The average molecular weight is 278 g/mol. The van der Waals surface area contributed by atoms with Crippen LogP contribution in [-0.4, -0.2) is 21.6 Å². The van der Waals surface area contributed by atoms with Gasteiger partial charge in [0.1, 0.15) is 6.54 Å². The Morgan fingerprint density at radius 2 is 2.15 bits per heavy atom. The molecule has 0 aromatic carbocycles. The van der Waals surface area contributed by atoms with E-state index in [4.69, 9.17) is 0 Å². The summed E-state index contributed by atoms with van der Waals surface area (Å²) in [6.45, 7) is 4.52. The van der Waals surface area contributed by atoms with Crippen LogP contribution in [0.5, 0.6) is 0 Å². The molecule has 0 aliphatic heterocycles. The van der Waals surface area contributed by atoms with E-state index in [-0.39, 0.29) is 18.1 Å². The molecule has 1 atom stereocenters. The first-order chi connectivity index (χ1) is 9.63. The fraction of sp³-hybridized carbons (Fsp3) is 0.688. The van der Waals surface area contributed by atoms with Crippen molar-refractivity contribution >= 4 is 5.91 Å². The van der Waals surface area contributed by atoms with E-state index in [2.05, 4.69) is 19.2 Å². The lowest BCUT2D eigenvalue weighted by molar-refractivity contribution is -0.122. The molecule has 0 saturated heterocycles. The second-order valence-electron chi connectivity index (χ2n) is 5.75. The topological polar surface area (TPSA) is 54.3 Å². The Balaban J connectivity index is 2.00. The minimum absolute atomic E-state index is 0.0540. The highest BCUT2D eigenvalue weighted by Gasteiger charge is 2.19. The van der Waals surface area contributed by atoms with Gasteiger partial charge >= 0.3 is 0 Å². The Bertz CT molecular complexity index is 449. The molecule has 4 nitrogen and oxygen atoms in total. The van der Waals surface area contributed by atoms with Gasteiger partial charge in [0.05, 0.1) is 6.10 Å². The molecule has 1 unspecified atom stereocenters. The third-order valence-electron chi connectivity index (χ3n) is 4.21. The molecule has 1 heterocycles. The lowest BCUT2D eigenvalue weighted by Gasteiger charge is -2.15. The summed E-state index contributed by atoms with van der Waals surface area (Å²) >= 11 is 0. The quantitative estimate of drug-likeness (QED) is 0.813. The van der Waals surface area contributed by atoms with Gasteiger partial charge in [-0.2, -0.15) is 0 Å². The van der Waals surface area contributed by atoms with Crippen LogP contribution in [0.25, 0.3) is 0 Å². The van der Waals surface area contributed by atoms with Crippen LogP contribution in [0, 0.1) is 0 Å². The molecular weight excluding hydrogens is 252 g/mol. The van der Waals surface area contributed by atoms with Gasteiger partial charge in [-0.05, 0) is 37.7 Å². The predicted molar refractivity (Wildman–Crippen MR) is 79.5 cm³/mol. The highest BCUT2D eigenvalue weighted by molar-refractivity contribution is 5.76. The summed E-state index contributed by atoms with van der Waals surface area (Å²) in [6.07, 6.45) is 9.56. The number of aryl methyl sites for hydroxylation is 1. The molecule has 20 heavy (non-hydrogen) atoms. The lowest BCUT2D eigenvalue weighted by Crippen LogP contribution is -2.36. The smallest absolute Gasteiger partial charge is 0.240 e. The molecule has 1 aromatic heterocycles. The molecule has 112 valence electrons. The number of rotatable bonds is 5. The van der Waals surface area contributed by atoms with Crippen molar-refractivity contribution in [2.45, 2.75) is 71.1 Å². The normalized spacial score (nSPS) is 18.7. The van der Waals surface area contributed by atoms with Crippen molar-refractivity contribution in [2.75, 3.05) is 0 Å². The number of amides is 1. The van der Waals surface area contributed by atoms with E-state index in [1.54, 1.807) is 0 Å². The highest BCUT2D eigenvalue weighted by Crippen LogP contribution is 2.29. The van der Waals surface area contributed by atoms with Gasteiger partial charge in [0, 0.05) is 24.0 Å². The van der Waals surface area contributed by atoms with E-state index in [0.29, 0.717) is 6.54 Å². The minimum Gasteiger partial charge on any atom is -0.388 e. The van der Waals surface area contributed by atoms with Crippen LogP contribution >= 0.6 is 0 Å². The van der Waals surface area contributed by atoms with Crippen LogP contribution in [0.2, 0.25) is 0 Å². The first kappa shape index (κ1) is 15.1. The first-order valence-corrected chi connectivity index (χ1v) is 7.80. The number of hydrogen-bond acceptors (Lipinski definition) is 2. The Morgan fingerprint density at radius 1 is 1.40 bits per heavy atom. The van der Waals surface area contributed by atoms with Crippen LogP contribution in [0.1, 0.15) is 63.2 Å². The zero-order chi connectivity index (χ0) is 14.5. The molecular formula is C16H26N2O2. The Kier molecular flexibility index (Phi) is 5.24. The van der Waals surface area contributed by atoms with Crippen LogP contribution in [0.15, 0.2) is 12.4 Å². The molecule has 0 radical (unpaired) electrons. The maximum Gasteiger partial charge on any atom is 0.240 e. The molecule has 4 heteroatoms. The molecule has 0 saturated carbocycles. The number of carbonyl (C=O) groups is 1. The molecule has 1 aromatic rings. The largest absolute Gasteiger partial charge is 0.388 e. The van der Waals surface area contributed by atoms with Crippen LogP contribution in [0.3, 0.4) is 0 Å². The zero-order valence-electron chi connectivity index (χ0n) is 12.6. The van der Waals surface area contributed by atoms with Gasteiger partial charge in [-0.1, -0.05) is 20.3 Å². The third kappa shape index (κ3) is 3.63. The monoisotopic (exact) mass is 278 g/mol. The second kappa shape index (κ2) is 6.93. The summed E-state index contributed by atoms with van der Waals surface area (Å²) in [5, 5.41) is 13.1. The number of nitrogens with one attached hydrogen (secondary N) is 1. The average Bonchev–Trinajstić information content (AvgIpc) is 2.75. The summed E-state index contributed by atoms with van der Waals surface area (Å²) in [6, 6.07) is 0.265. The predicted octanol–water partition coefficient (Wildman–Crippen LogP) is 2.55. The van der Waals surface area contributed by atoms with Gasteiger partial charge in [0.15, 0.2) is 0 Å².